The Balaban J connectivity index is 1.79. The molecule has 0 aliphatic rings. The summed E-state index contributed by atoms with van der Waals surface area (Å²) in [5, 5.41) is 13.6. The number of nitrogens with two attached hydrogens (primary N) is 1. The van der Waals surface area contributed by atoms with Gasteiger partial charge in [0.25, 0.3) is 0 Å². The summed E-state index contributed by atoms with van der Waals surface area (Å²) in [5.41, 5.74) is 12.1. The van der Waals surface area contributed by atoms with Crippen LogP contribution in [0.2, 0.25) is 0 Å². The average molecular weight is 400 g/mol. The van der Waals surface area contributed by atoms with E-state index in [1.54, 1.807) is 13.0 Å². The minimum atomic E-state index is 0.597. The molecule has 0 bridgehead atoms. The number of rotatable bonds is 3. The molecule has 1 aromatic heterocycles. The van der Waals surface area contributed by atoms with Crippen molar-refractivity contribution in [3.8, 4) is 17.2 Å². The van der Waals surface area contributed by atoms with Crippen molar-refractivity contribution in [2.45, 2.75) is 6.92 Å². The quantitative estimate of drug-likeness (QED) is 0.258. The maximum absolute atomic E-state index is 9.11. The van der Waals surface area contributed by atoms with E-state index in [1.807, 2.05) is 18.2 Å². The Kier molecular flexibility index (Phi) is 4.54. The van der Waals surface area contributed by atoms with Crippen LogP contribution < -0.4 is 5.73 Å². The third-order valence-corrected chi connectivity index (χ3v) is 5.63. The fourth-order valence-corrected chi connectivity index (χ4v) is 4.17. The van der Waals surface area contributed by atoms with Gasteiger partial charge in [-0.3, -0.25) is 0 Å². The van der Waals surface area contributed by atoms with Crippen LogP contribution in [0.1, 0.15) is 12.5 Å². The fourth-order valence-electron chi connectivity index (χ4n) is 4.17. The van der Waals surface area contributed by atoms with Crippen molar-refractivity contribution in [2.24, 2.45) is 5.73 Å². The van der Waals surface area contributed by atoms with Gasteiger partial charge in [0.15, 0.2) is 0 Å². The van der Waals surface area contributed by atoms with Crippen molar-refractivity contribution in [1.82, 2.24) is 0 Å². The molecule has 0 atom stereocenters. The van der Waals surface area contributed by atoms with Gasteiger partial charge in [-0.15, -0.1) is 0 Å². The molecule has 0 aliphatic heterocycles. The maximum Gasteiger partial charge on any atom is 0.136 e. The normalized spacial score (nSPS) is 12.5. The molecule has 4 aromatic carbocycles. The number of nitriles is 1. The third kappa shape index (κ3) is 3.15. The second kappa shape index (κ2) is 7.51. The van der Waals surface area contributed by atoms with E-state index in [0.29, 0.717) is 5.57 Å². The highest BCUT2D eigenvalue weighted by Crippen LogP contribution is 2.40. The standard InChI is InChI=1S/C28H20N2O/c1-18(16-29)13-21(17-30)20-11-12-24-26(14-20)31-27-15-25(19-7-3-2-4-8-19)22-9-5-6-10-23(22)28(24)27/h2-15,17H,30H2,1H3/b18-13+,21-17+. The Morgan fingerprint density at radius 2 is 1.61 bits per heavy atom. The molecule has 31 heavy (non-hydrogen) atoms. The van der Waals surface area contributed by atoms with Crippen LogP contribution in [-0.2, 0) is 0 Å². The van der Waals surface area contributed by atoms with Gasteiger partial charge in [0.1, 0.15) is 11.2 Å². The Hall–Kier alpha value is -4.29. The summed E-state index contributed by atoms with van der Waals surface area (Å²) >= 11 is 0. The lowest BCUT2D eigenvalue weighted by molar-refractivity contribution is 0.669. The molecular formula is C28H20N2O. The van der Waals surface area contributed by atoms with Gasteiger partial charge in [-0.2, -0.15) is 5.26 Å². The van der Waals surface area contributed by atoms with Gasteiger partial charge in [-0.25, -0.2) is 0 Å². The van der Waals surface area contributed by atoms with E-state index in [1.165, 1.54) is 17.0 Å². The highest BCUT2D eigenvalue weighted by molar-refractivity contribution is 6.22. The van der Waals surface area contributed by atoms with Crippen LogP contribution in [0.4, 0.5) is 0 Å². The highest BCUT2D eigenvalue weighted by atomic mass is 16.3. The minimum absolute atomic E-state index is 0.597. The van der Waals surface area contributed by atoms with Gasteiger partial charge in [-0.05, 0) is 64.2 Å². The second-order valence-corrected chi connectivity index (χ2v) is 7.58. The lowest BCUT2D eigenvalue weighted by Crippen LogP contribution is -1.88. The Bertz CT molecular complexity index is 1550. The SMILES string of the molecule is C/C(C#N)=C\C(=C/N)c1ccc2c(c1)oc1cc(-c3ccccc3)c3ccccc3c12. The molecule has 0 saturated carbocycles. The Morgan fingerprint density at radius 1 is 0.871 bits per heavy atom. The van der Waals surface area contributed by atoms with Crippen molar-refractivity contribution in [2.75, 3.05) is 0 Å². The second-order valence-electron chi connectivity index (χ2n) is 7.58. The predicted octanol–water partition coefficient (Wildman–Crippen LogP) is 7.18. The van der Waals surface area contributed by atoms with Gasteiger partial charge < -0.3 is 10.2 Å². The molecule has 1 heterocycles. The van der Waals surface area contributed by atoms with Gasteiger partial charge in [-0.1, -0.05) is 60.7 Å². The van der Waals surface area contributed by atoms with Crippen molar-refractivity contribution >= 4 is 38.3 Å². The molecular weight excluding hydrogens is 380 g/mol. The summed E-state index contributed by atoms with van der Waals surface area (Å²) < 4.78 is 6.34. The van der Waals surface area contributed by atoms with E-state index in [2.05, 4.69) is 66.7 Å². The monoisotopic (exact) mass is 400 g/mol. The average Bonchev–Trinajstić information content (AvgIpc) is 3.20. The summed E-state index contributed by atoms with van der Waals surface area (Å²) in [6.07, 6.45) is 3.31. The zero-order valence-electron chi connectivity index (χ0n) is 17.1. The van der Waals surface area contributed by atoms with E-state index < -0.39 is 0 Å². The first-order chi connectivity index (χ1) is 15.2. The van der Waals surface area contributed by atoms with E-state index in [-0.39, 0.29) is 0 Å². The first-order valence-corrected chi connectivity index (χ1v) is 10.1. The lowest BCUT2D eigenvalue weighted by Gasteiger charge is -2.08. The molecule has 0 unspecified atom stereocenters. The highest BCUT2D eigenvalue weighted by Gasteiger charge is 2.15. The largest absolute Gasteiger partial charge is 0.456 e. The van der Waals surface area contributed by atoms with Crippen LogP contribution in [0.15, 0.2) is 101 Å². The van der Waals surface area contributed by atoms with E-state index >= 15 is 0 Å². The predicted molar refractivity (Wildman–Crippen MR) is 128 cm³/mol. The Morgan fingerprint density at radius 3 is 2.35 bits per heavy atom. The van der Waals surface area contributed by atoms with Crippen LogP contribution >= 0.6 is 0 Å². The molecule has 3 heteroatoms. The maximum atomic E-state index is 9.11. The fraction of sp³-hybridized carbons (Fsp3) is 0.0357. The van der Waals surface area contributed by atoms with Gasteiger partial charge in [0.2, 0.25) is 0 Å². The van der Waals surface area contributed by atoms with Crippen molar-refractivity contribution in [1.29, 1.82) is 5.26 Å². The smallest absolute Gasteiger partial charge is 0.136 e. The zero-order valence-corrected chi connectivity index (χ0v) is 17.1. The molecule has 5 rings (SSSR count). The summed E-state index contributed by atoms with van der Waals surface area (Å²) in [5.74, 6) is 0. The molecule has 148 valence electrons. The number of fused-ring (bicyclic) bond motifs is 5. The van der Waals surface area contributed by atoms with Crippen LogP contribution in [0, 0.1) is 11.3 Å². The first kappa shape index (κ1) is 18.7. The van der Waals surface area contributed by atoms with Gasteiger partial charge in [0, 0.05) is 22.5 Å². The number of furan rings is 1. The summed E-state index contributed by atoms with van der Waals surface area (Å²) in [4.78, 5) is 0. The first-order valence-electron chi connectivity index (χ1n) is 10.1. The number of hydrogen-bond donors (Lipinski definition) is 1. The number of nitrogens with zero attached hydrogens (tertiary/aromatic N) is 1. The summed E-state index contributed by atoms with van der Waals surface area (Å²) in [6.45, 7) is 1.76. The zero-order chi connectivity index (χ0) is 21.4. The number of allylic oxidation sites excluding steroid dienone is 3. The molecule has 0 aliphatic carbocycles. The van der Waals surface area contributed by atoms with Crippen molar-refractivity contribution in [3.63, 3.8) is 0 Å². The minimum Gasteiger partial charge on any atom is -0.456 e. The topological polar surface area (TPSA) is 63.0 Å². The van der Waals surface area contributed by atoms with Crippen molar-refractivity contribution in [3.05, 3.63) is 102 Å². The molecule has 0 saturated heterocycles. The van der Waals surface area contributed by atoms with E-state index in [9.17, 15) is 0 Å². The summed E-state index contributed by atoms with van der Waals surface area (Å²) in [7, 11) is 0. The van der Waals surface area contributed by atoms with Crippen LogP contribution in [0.3, 0.4) is 0 Å². The van der Waals surface area contributed by atoms with Gasteiger partial charge in [0.05, 0.1) is 6.07 Å². The molecule has 5 aromatic rings. The molecule has 0 amide bonds. The third-order valence-electron chi connectivity index (χ3n) is 5.63. The molecule has 0 radical (unpaired) electrons. The lowest BCUT2D eigenvalue weighted by atomic mass is 9.94. The molecule has 0 spiro atoms. The van der Waals surface area contributed by atoms with Crippen LogP contribution in [-0.4, -0.2) is 0 Å². The van der Waals surface area contributed by atoms with Gasteiger partial charge >= 0.3 is 0 Å². The molecule has 0 fully saturated rings. The van der Waals surface area contributed by atoms with Crippen LogP contribution in [0.25, 0.3) is 49.4 Å². The summed E-state index contributed by atoms with van der Waals surface area (Å²) in [6, 6.07) is 29.2. The van der Waals surface area contributed by atoms with Crippen molar-refractivity contribution < 1.29 is 4.42 Å². The number of benzene rings is 4. The molecule has 3 nitrogen and oxygen atoms in total. The molecule has 2 N–H and O–H groups in total. The van der Waals surface area contributed by atoms with Crippen LogP contribution in [0.5, 0.6) is 0 Å². The van der Waals surface area contributed by atoms with E-state index in [4.69, 9.17) is 15.4 Å². The number of hydrogen-bond acceptors (Lipinski definition) is 3. The van der Waals surface area contributed by atoms with E-state index in [0.717, 1.165) is 44.2 Å². The Labute approximate surface area is 180 Å².